The van der Waals surface area contributed by atoms with Gasteiger partial charge in [0.1, 0.15) is 5.62 Å². The molecule has 1 aromatic heterocycles. The minimum absolute atomic E-state index is 0. The molecule has 10 heavy (non-hydrogen) atoms. The monoisotopic (exact) mass is 149 g/mol. The van der Waals surface area contributed by atoms with E-state index in [9.17, 15) is 4.79 Å². The van der Waals surface area contributed by atoms with Crippen molar-refractivity contribution in [2.75, 3.05) is 5.73 Å². The van der Waals surface area contributed by atoms with Gasteiger partial charge in [-0.25, -0.2) is 0 Å². The van der Waals surface area contributed by atoms with E-state index in [1.807, 2.05) is 4.98 Å². The molecular weight excluding hydrogens is 145 g/mol. The number of nitrogens with two attached hydrogens (primary N) is 1. The predicted molar refractivity (Wildman–Crippen MR) is 28.4 cm³/mol. The molecule has 0 spiro atoms. The number of anilines is 1. The second-order valence-corrected chi connectivity index (χ2v) is 1.36. The molecule has 0 fully saturated rings. The number of aromatic nitrogens is 3. The number of nitrogen functional groups attached to an aromatic ring is 1. The van der Waals surface area contributed by atoms with Crippen molar-refractivity contribution in [3.8, 4) is 0 Å². The summed E-state index contributed by atoms with van der Waals surface area (Å²) in [4.78, 5) is 18.8. The fourth-order valence-electron chi connectivity index (χ4n) is 0.401. The summed E-state index contributed by atoms with van der Waals surface area (Å²) < 4.78 is 0. The molecule has 1 aromatic rings. The number of nitrogens with zero attached hydrogens (tertiary/aromatic N) is 2. The van der Waals surface area contributed by atoms with Crippen molar-refractivity contribution in [2.24, 2.45) is 0 Å². The minimum Gasteiger partial charge on any atom is -0.432 e. The Kier molecular flexibility index (Phi) is 3.34. The molecule has 1 heterocycles. The summed E-state index contributed by atoms with van der Waals surface area (Å²) in [5, 5.41) is 6.79. The first kappa shape index (κ1) is 9.41. The van der Waals surface area contributed by atoms with Crippen LogP contribution in [0.1, 0.15) is 0 Å². The Labute approximate surface area is 77.7 Å². The first-order valence-electron chi connectivity index (χ1n) is 2.14. The third-order valence-corrected chi connectivity index (χ3v) is 0.668. The van der Waals surface area contributed by atoms with E-state index >= 15 is 0 Å². The Morgan fingerprint density at radius 1 is 1.70 bits per heavy atom. The van der Waals surface area contributed by atoms with Gasteiger partial charge in [0, 0.05) is 0 Å². The molecule has 0 amide bonds. The molecule has 0 saturated carbocycles. The Hall–Kier alpha value is -0.590. The maximum Gasteiger partial charge on any atom is 1.00 e. The third kappa shape index (κ3) is 2.34. The van der Waals surface area contributed by atoms with E-state index in [4.69, 9.17) is 11.1 Å². The first-order valence-corrected chi connectivity index (χ1v) is 2.14. The molecular formula is C3H4N5NaO. The summed E-state index contributed by atoms with van der Waals surface area (Å²) in [5.74, 6) is -0.177. The van der Waals surface area contributed by atoms with Crippen LogP contribution in [-0.2, 0) is 0 Å². The molecule has 6 nitrogen and oxygen atoms in total. The number of H-pyrrole nitrogens is 1. The number of aromatic amines is 1. The van der Waals surface area contributed by atoms with E-state index in [1.54, 1.807) is 0 Å². The van der Waals surface area contributed by atoms with Crippen LogP contribution in [0.4, 0.5) is 5.95 Å². The van der Waals surface area contributed by atoms with Gasteiger partial charge in [0.2, 0.25) is 0 Å². The molecule has 1 rings (SSSR count). The van der Waals surface area contributed by atoms with Crippen molar-refractivity contribution in [2.45, 2.75) is 0 Å². The van der Waals surface area contributed by atoms with Gasteiger partial charge in [0.15, 0.2) is 0 Å². The van der Waals surface area contributed by atoms with E-state index in [-0.39, 0.29) is 41.1 Å². The Morgan fingerprint density at radius 2 is 2.30 bits per heavy atom. The van der Waals surface area contributed by atoms with Crippen molar-refractivity contribution < 1.29 is 29.6 Å². The molecule has 48 valence electrons. The molecule has 4 N–H and O–H groups in total. The van der Waals surface area contributed by atoms with Gasteiger partial charge in [0.05, 0.1) is 5.95 Å². The van der Waals surface area contributed by atoms with E-state index < -0.39 is 5.69 Å². The van der Waals surface area contributed by atoms with Crippen LogP contribution in [0.3, 0.4) is 0 Å². The van der Waals surface area contributed by atoms with Crippen LogP contribution in [0.5, 0.6) is 0 Å². The molecule has 0 aliphatic carbocycles. The van der Waals surface area contributed by atoms with Crippen LogP contribution in [0.25, 0.3) is 0 Å². The van der Waals surface area contributed by atoms with Crippen molar-refractivity contribution in [1.82, 2.24) is 15.0 Å². The Morgan fingerprint density at radius 3 is 2.70 bits per heavy atom. The van der Waals surface area contributed by atoms with E-state index in [0.717, 1.165) is 0 Å². The van der Waals surface area contributed by atoms with Gasteiger partial charge in [-0.1, -0.05) is 0 Å². The van der Waals surface area contributed by atoms with Gasteiger partial charge in [0.25, 0.3) is 5.69 Å². The summed E-state index contributed by atoms with van der Waals surface area (Å²) >= 11 is 0. The van der Waals surface area contributed by atoms with Gasteiger partial charge in [-0.05, 0) is 0 Å². The maximum absolute atomic E-state index is 10.3. The SMILES string of the molecule is N=c1nc(N)[n-]c(=O)[nH]1.[Na+]. The molecule has 0 unspecified atom stereocenters. The summed E-state index contributed by atoms with van der Waals surface area (Å²) in [5.41, 5.74) is 4.08. The zero-order chi connectivity index (χ0) is 6.85. The minimum atomic E-state index is -0.646. The van der Waals surface area contributed by atoms with Crippen molar-refractivity contribution in [1.29, 1.82) is 5.41 Å². The van der Waals surface area contributed by atoms with Gasteiger partial charge in [-0.3, -0.25) is 15.2 Å². The van der Waals surface area contributed by atoms with Crippen molar-refractivity contribution in [3.63, 3.8) is 0 Å². The van der Waals surface area contributed by atoms with Crippen LogP contribution >= 0.6 is 0 Å². The van der Waals surface area contributed by atoms with Crippen molar-refractivity contribution in [3.05, 3.63) is 16.1 Å². The summed E-state index contributed by atoms with van der Waals surface area (Å²) in [6.07, 6.45) is 0. The smallest absolute Gasteiger partial charge is 0.432 e. The molecule has 0 aliphatic heterocycles. The molecule has 7 heteroatoms. The van der Waals surface area contributed by atoms with Crippen LogP contribution in [0.15, 0.2) is 4.79 Å². The zero-order valence-electron chi connectivity index (χ0n) is 5.38. The fraction of sp³-hybridized carbons (Fsp3) is 0. The van der Waals surface area contributed by atoms with Crippen LogP contribution in [0, 0.1) is 5.41 Å². The molecule has 0 atom stereocenters. The molecule has 0 aliphatic rings. The van der Waals surface area contributed by atoms with Gasteiger partial charge >= 0.3 is 29.6 Å². The molecule has 0 radical (unpaired) electrons. The van der Waals surface area contributed by atoms with Gasteiger partial charge in [-0.15, -0.1) is 0 Å². The predicted octanol–water partition coefficient (Wildman–Crippen LogP) is -5.21. The standard InChI is InChI=1S/C3H5N5O.Na/c4-1-6-2(5)8-3(9)7-1;/h(H5,4,5,6,7,8,9);/q;+1/p-1. The number of rotatable bonds is 0. The summed E-state index contributed by atoms with van der Waals surface area (Å²) in [7, 11) is 0. The topological polar surface area (TPSA) is 110 Å². The normalized spacial score (nSPS) is 8.40. The largest absolute Gasteiger partial charge is 1.00 e. The van der Waals surface area contributed by atoms with Crippen LogP contribution in [0.2, 0.25) is 0 Å². The van der Waals surface area contributed by atoms with Crippen LogP contribution in [-0.4, -0.2) is 9.97 Å². The fourth-order valence-corrected chi connectivity index (χ4v) is 0.401. The zero-order valence-corrected chi connectivity index (χ0v) is 7.38. The van der Waals surface area contributed by atoms with E-state index in [2.05, 4.69) is 9.97 Å². The molecule has 0 aromatic carbocycles. The Bertz CT molecular complexity index is 285. The average molecular weight is 149 g/mol. The first-order chi connectivity index (χ1) is 4.18. The maximum atomic E-state index is 10.3. The van der Waals surface area contributed by atoms with E-state index in [0.29, 0.717) is 0 Å². The Balaban J connectivity index is 0.000000810. The average Bonchev–Trinajstić information content (AvgIpc) is 1.59. The molecule has 0 bridgehead atoms. The van der Waals surface area contributed by atoms with E-state index in [1.165, 1.54) is 0 Å². The second kappa shape index (κ2) is 3.55. The second-order valence-electron chi connectivity index (χ2n) is 1.36. The molecule has 0 saturated heterocycles. The number of hydrogen-bond acceptors (Lipinski definition) is 4. The third-order valence-electron chi connectivity index (χ3n) is 0.668. The van der Waals surface area contributed by atoms with Gasteiger partial charge in [-0.2, -0.15) is 0 Å². The summed E-state index contributed by atoms with van der Waals surface area (Å²) in [6, 6.07) is 0. The quantitative estimate of drug-likeness (QED) is 0.320. The summed E-state index contributed by atoms with van der Waals surface area (Å²) in [6.45, 7) is 0. The number of hydrogen-bond donors (Lipinski definition) is 3. The number of nitrogens with one attached hydrogen (secondary N) is 2. The van der Waals surface area contributed by atoms with Crippen molar-refractivity contribution >= 4 is 5.95 Å². The van der Waals surface area contributed by atoms with Crippen LogP contribution < -0.4 is 51.6 Å². The van der Waals surface area contributed by atoms with Gasteiger partial charge < -0.3 is 15.7 Å².